The van der Waals surface area contributed by atoms with Crippen LogP contribution in [0.4, 0.5) is 4.79 Å². The summed E-state index contributed by atoms with van der Waals surface area (Å²) in [7, 11) is 0. The molecule has 2 rings (SSSR count). The standard InChI is InChI=1S/C26H33N3O4/c1-4-22(16-20-11-7-5-8-12-20)28-25(31)23(15-19(2)3)29-24(30)17-27-26(32)33-18-21-13-9-6-10-14-21/h4-14,19,22-23H,1,15-18H2,2-3H3,(H,27,32)(H,28,31)(H,29,30)/t22-,23-/m0/s1. The number of hydrogen-bond acceptors (Lipinski definition) is 4. The van der Waals surface area contributed by atoms with Gasteiger partial charge in [-0.15, -0.1) is 6.58 Å². The summed E-state index contributed by atoms with van der Waals surface area (Å²) in [5.41, 5.74) is 1.92. The van der Waals surface area contributed by atoms with Crippen LogP contribution in [0, 0.1) is 5.92 Å². The molecule has 2 atom stereocenters. The molecule has 7 nitrogen and oxygen atoms in total. The minimum Gasteiger partial charge on any atom is -0.445 e. The Kier molecular flexibility index (Phi) is 10.7. The zero-order chi connectivity index (χ0) is 24.1. The van der Waals surface area contributed by atoms with Crippen molar-refractivity contribution in [1.29, 1.82) is 0 Å². The van der Waals surface area contributed by atoms with Gasteiger partial charge in [-0.05, 0) is 29.9 Å². The Morgan fingerprint density at radius 2 is 1.55 bits per heavy atom. The van der Waals surface area contributed by atoms with E-state index in [1.54, 1.807) is 6.08 Å². The molecule has 33 heavy (non-hydrogen) atoms. The number of rotatable bonds is 12. The van der Waals surface area contributed by atoms with Gasteiger partial charge in [-0.3, -0.25) is 9.59 Å². The highest BCUT2D eigenvalue weighted by Gasteiger charge is 2.24. The first-order valence-electron chi connectivity index (χ1n) is 11.1. The van der Waals surface area contributed by atoms with Crippen LogP contribution < -0.4 is 16.0 Å². The van der Waals surface area contributed by atoms with E-state index in [9.17, 15) is 14.4 Å². The van der Waals surface area contributed by atoms with Crippen LogP contribution in [0.1, 0.15) is 31.4 Å². The normalized spacial score (nSPS) is 12.3. The van der Waals surface area contributed by atoms with Crippen LogP contribution in [0.3, 0.4) is 0 Å². The summed E-state index contributed by atoms with van der Waals surface area (Å²) in [5, 5.41) is 8.07. The maximum absolute atomic E-state index is 12.9. The van der Waals surface area contributed by atoms with Gasteiger partial charge < -0.3 is 20.7 Å². The minimum absolute atomic E-state index is 0.108. The van der Waals surface area contributed by atoms with Gasteiger partial charge in [-0.1, -0.05) is 80.6 Å². The highest BCUT2D eigenvalue weighted by Crippen LogP contribution is 2.08. The first kappa shape index (κ1) is 25.6. The largest absolute Gasteiger partial charge is 0.445 e. The molecule has 0 aliphatic rings. The monoisotopic (exact) mass is 451 g/mol. The Balaban J connectivity index is 1.84. The first-order chi connectivity index (χ1) is 15.9. The lowest BCUT2D eigenvalue weighted by Gasteiger charge is -2.23. The molecule has 0 radical (unpaired) electrons. The van der Waals surface area contributed by atoms with Crippen molar-refractivity contribution in [3.05, 3.63) is 84.4 Å². The summed E-state index contributed by atoms with van der Waals surface area (Å²) in [6.07, 6.45) is 2.05. The van der Waals surface area contributed by atoms with Crippen molar-refractivity contribution in [2.24, 2.45) is 5.92 Å². The van der Waals surface area contributed by atoms with Crippen LogP contribution >= 0.6 is 0 Å². The molecule has 0 unspecified atom stereocenters. The van der Waals surface area contributed by atoms with Crippen LogP contribution in [0.2, 0.25) is 0 Å². The fourth-order valence-electron chi connectivity index (χ4n) is 3.22. The van der Waals surface area contributed by atoms with Crippen molar-refractivity contribution >= 4 is 17.9 Å². The second-order valence-corrected chi connectivity index (χ2v) is 8.21. The first-order valence-corrected chi connectivity index (χ1v) is 11.1. The summed E-state index contributed by atoms with van der Waals surface area (Å²) in [6, 6.07) is 18.0. The van der Waals surface area contributed by atoms with Crippen molar-refractivity contribution in [3.8, 4) is 0 Å². The van der Waals surface area contributed by atoms with Crippen molar-refractivity contribution < 1.29 is 19.1 Å². The van der Waals surface area contributed by atoms with Gasteiger partial charge in [-0.2, -0.15) is 0 Å². The molecule has 0 heterocycles. The third kappa shape index (κ3) is 10.0. The van der Waals surface area contributed by atoms with E-state index in [1.807, 2.05) is 74.5 Å². The van der Waals surface area contributed by atoms with Crippen LogP contribution in [0.5, 0.6) is 0 Å². The molecule has 7 heteroatoms. The lowest BCUT2D eigenvalue weighted by molar-refractivity contribution is -0.129. The molecule has 0 saturated carbocycles. The van der Waals surface area contributed by atoms with Gasteiger partial charge in [0, 0.05) is 0 Å². The van der Waals surface area contributed by atoms with E-state index in [4.69, 9.17) is 4.74 Å². The lowest BCUT2D eigenvalue weighted by atomic mass is 10.0. The second kappa shape index (κ2) is 13.7. The van der Waals surface area contributed by atoms with Gasteiger partial charge >= 0.3 is 6.09 Å². The summed E-state index contributed by atoms with van der Waals surface area (Å²) < 4.78 is 5.10. The van der Waals surface area contributed by atoms with E-state index in [-0.39, 0.29) is 31.0 Å². The molecule has 2 aromatic rings. The van der Waals surface area contributed by atoms with Gasteiger partial charge in [-0.25, -0.2) is 4.79 Å². The van der Waals surface area contributed by atoms with Gasteiger partial charge in [0.25, 0.3) is 0 Å². The van der Waals surface area contributed by atoms with Gasteiger partial charge in [0.2, 0.25) is 11.8 Å². The molecule has 0 bridgehead atoms. The number of alkyl carbamates (subject to hydrolysis) is 1. The summed E-state index contributed by atoms with van der Waals surface area (Å²) >= 11 is 0. The van der Waals surface area contributed by atoms with E-state index in [0.717, 1.165) is 11.1 Å². The highest BCUT2D eigenvalue weighted by molar-refractivity contribution is 5.89. The molecule has 3 N–H and O–H groups in total. The van der Waals surface area contributed by atoms with E-state index in [1.165, 1.54) is 0 Å². The summed E-state index contributed by atoms with van der Waals surface area (Å²) in [4.78, 5) is 37.1. The van der Waals surface area contributed by atoms with Gasteiger partial charge in [0.05, 0.1) is 6.04 Å². The Morgan fingerprint density at radius 1 is 0.939 bits per heavy atom. The molecule has 0 saturated heterocycles. The fourth-order valence-corrected chi connectivity index (χ4v) is 3.22. The van der Waals surface area contributed by atoms with E-state index in [0.29, 0.717) is 12.8 Å². The number of hydrogen-bond donors (Lipinski definition) is 3. The SMILES string of the molecule is C=C[C@@H](Cc1ccccc1)NC(=O)[C@H](CC(C)C)NC(=O)CNC(=O)OCc1ccccc1. The van der Waals surface area contributed by atoms with Crippen molar-refractivity contribution in [2.45, 2.75) is 45.4 Å². The quantitative estimate of drug-likeness (QED) is 0.431. The van der Waals surface area contributed by atoms with E-state index >= 15 is 0 Å². The molecular weight excluding hydrogens is 418 g/mol. The molecule has 0 spiro atoms. The van der Waals surface area contributed by atoms with Crippen molar-refractivity contribution in [1.82, 2.24) is 16.0 Å². The Bertz CT molecular complexity index is 900. The summed E-state index contributed by atoms with van der Waals surface area (Å²) in [6.45, 7) is 7.58. The Hall–Kier alpha value is -3.61. The maximum Gasteiger partial charge on any atom is 0.407 e. The van der Waals surface area contributed by atoms with Crippen molar-refractivity contribution in [3.63, 3.8) is 0 Å². The number of carbonyl (C=O) groups is 3. The fraction of sp³-hybridized carbons (Fsp3) is 0.346. The predicted octanol–water partition coefficient (Wildman–Crippen LogP) is 3.36. The van der Waals surface area contributed by atoms with E-state index < -0.39 is 18.0 Å². The summed E-state index contributed by atoms with van der Waals surface area (Å²) in [5.74, 6) is -0.573. The molecule has 176 valence electrons. The highest BCUT2D eigenvalue weighted by atomic mass is 16.5. The van der Waals surface area contributed by atoms with Crippen molar-refractivity contribution in [2.75, 3.05) is 6.54 Å². The van der Waals surface area contributed by atoms with Gasteiger partial charge in [0.15, 0.2) is 0 Å². The third-order valence-corrected chi connectivity index (χ3v) is 4.88. The molecule has 0 aromatic heterocycles. The molecular formula is C26H33N3O4. The predicted molar refractivity (Wildman–Crippen MR) is 128 cm³/mol. The average molecular weight is 452 g/mol. The van der Waals surface area contributed by atoms with Crippen LogP contribution in [-0.2, 0) is 27.4 Å². The number of amides is 3. The average Bonchev–Trinajstić information content (AvgIpc) is 2.81. The Morgan fingerprint density at radius 3 is 2.12 bits per heavy atom. The Labute approximate surface area is 195 Å². The molecule has 0 aliphatic heterocycles. The smallest absolute Gasteiger partial charge is 0.407 e. The lowest BCUT2D eigenvalue weighted by Crippen LogP contribution is -2.52. The van der Waals surface area contributed by atoms with Gasteiger partial charge in [0.1, 0.15) is 19.2 Å². The zero-order valence-corrected chi connectivity index (χ0v) is 19.3. The molecule has 3 amide bonds. The maximum atomic E-state index is 12.9. The minimum atomic E-state index is -0.724. The number of ether oxygens (including phenoxy) is 1. The number of nitrogens with one attached hydrogen (secondary N) is 3. The molecule has 2 aromatic carbocycles. The second-order valence-electron chi connectivity index (χ2n) is 8.21. The third-order valence-electron chi connectivity index (χ3n) is 4.88. The topological polar surface area (TPSA) is 96.5 Å². The molecule has 0 aliphatic carbocycles. The molecule has 0 fully saturated rings. The van der Waals surface area contributed by atoms with Crippen LogP contribution in [-0.4, -0.2) is 36.5 Å². The number of carbonyl (C=O) groups excluding carboxylic acids is 3. The van der Waals surface area contributed by atoms with Crippen LogP contribution in [0.15, 0.2) is 73.3 Å². The van der Waals surface area contributed by atoms with Crippen LogP contribution in [0.25, 0.3) is 0 Å². The number of benzene rings is 2. The zero-order valence-electron chi connectivity index (χ0n) is 19.3. The van der Waals surface area contributed by atoms with E-state index in [2.05, 4.69) is 22.5 Å².